The minimum absolute atomic E-state index is 0.840. The molecular weight excluding hydrogens is 300 g/mol. The average Bonchev–Trinajstić information content (AvgIpc) is 2.95. The first-order valence-corrected chi connectivity index (χ1v) is 8.70. The standard InChI is InChI=1S/C17H23ClN2S/c1-3-20(4-2)12-11-19-13-14-5-7-15(8-6-14)16-9-10-17(18)21-16/h5-10,19H,3-4,11-13H2,1-2H3. The minimum atomic E-state index is 0.840. The van der Waals surface area contributed by atoms with Crippen molar-refractivity contribution in [2.24, 2.45) is 0 Å². The lowest BCUT2D eigenvalue weighted by molar-refractivity contribution is 0.302. The van der Waals surface area contributed by atoms with Crippen molar-refractivity contribution in [1.82, 2.24) is 10.2 Å². The minimum Gasteiger partial charge on any atom is -0.311 e. The molecule has 21 heavy (non-hydrogen) atoms. The number of halogens is 1. The van der Waals surface area contributed by atoms with Crippen molar-refractivity contribution in [2.45, 2.75) is 20.4 Å². The van der Waals surface area contributed by atoms with Gasteiger partial charge < -0.3 is 10.2 Å². The number of hydrogen-bond donors (Lipinski definition) is 1. The molecule has 1 N–H and O–H groups in total. The summed E-state index contributed by atoms with van der Waals surface area (Å²) in [6, 6.07) is 12.7. The molecule has 2 rings (SSSR count). The van der Waals surface area contributed by atoms with Crippen LogP contribution in [0.1, 0.15) is 19.4 Å². The third kappa shape index (κ3) is 5.11. The molecule has 1 heterocycles. The highest BCUT2D eigenvalue weighted by atomic mass is 35.5. The number of likely N-dealkylation sites (N-methyl/N-ethyl adjacent to an activating group) is 1. The molecule has 0 unspecified atom stereocenters. The lowest BCUT2D eigenvalue weighted by atomic mass is 10.1. The quantitative estimate of drug-likeness (QED) is 0.720. The van der Waals surface area contributed by atoms with Gasteiger partial charge >= 0.3 is 0 Å². The molecule has 0 saturated heterocycles. The molecule has 0 spiro atoms. The highest BCUT2D eigenvalue weighted by Crippen LogP contribution is 2.30. The molecule has 0 bridgehead atoms. The molecule has 0 saturated carbocycles. The summed E-state index contributed by atoms with van der Waals surface area (Å²) in [6.07, 6.45) is 0. The van der Waals surface area contributed by atoms with E-state index in [-0.39, 0.29) is 0 Å². The highest BCUT2D eigenvalue weighted by Gasteiger charge is 2.02. The van der Waals surface area contributed by atoms with Gasteiger partial charge in [0, 0.05) is 24.5 Å². The van der Waals surface area contributed by atoms with E-state index in [1.165, 1.54) is 16.0 Å². The summed E-state index contributed by atoms with van der Waals surface area (Å²) >= 11 is 7.60. The molecule has 0 aliphatic heterocycles. The summed E-state index contributed by atoms with van der Waals surface area (Å²) in [5, 5.41) is 3.50. The maximum atomic E-state index is 5.98. The van der Waals surface area contributed by atoms with Gasteiger partial charge in [-0.2, -0.15) is 0 Å². The number of thiophene rings is 1. The van der Waals surface area contributed by atoms with Gasteiger partial charge in [-0.1, -0.05) is 49.7 Å². The molecule has 2 aromatic rings. The van der Waals surface area contributed by atoms with Crippen molar-refractivity contribution in [3.05, 3.63) is 46.3 Å². The predicted octanol–water partition coefficient (Wildman–Crippen LogP) is 4.50. The number of nitrogens with zero attached hydrogens (tertiary/aromatic N) is 1. The first kappa shape index (κ1) is 16.5. The Kier molecular flexibility index (Phi) is 6.71. The normalized spacial score (nSPS) is 11.2. The molecule has 0 radical (unpaired) electrons. The van der Waals surface area contributed by atoms with E-state index < -0.39 is 0 Å². The fourth-order valence-corrected chi connectivity index (χ4v) is 3.31. The fraction of sp³-hybridized carbons (Fsp3) is 0.412. The van der Waals surface area contributed by atoms with Gasteiger partial charge in [0.05, 0.1) is 4.34 Å². The number of benzene rings is 1. The van der Waals surface area contributed by atoms with Crippen LogP contribution >= 0.6 is 22.9 Å². The fourth-order valence-electron chi connectivity index (χ4n) is 2.27. The van der Waals surface area contributed by atoms with Crippen LogP contribution in [0.25, 0.3) is 10.4 Å². The number of nitrogens with one attached hydrogen (secondary N) is 1. The Hall–Kier alpha value is -0.870. The van der Waals surface area contributed by atoms with Gasteiger partial charge in [0.25, 0.3) is 0 Å². The van der Waals surface area contributed by atoms with Gasteiger partial charge in [0.15, 0.2) is 0 Å². The van der Waals surface area contributed by atoms with Crippen LogP contribution in [0.15, 0.2) is 36.4 Å². The Morgan fingerprint density at radius 2 is 1.76 bits per heavy atom. The molecule has 2 nitrogen and oxygen atoms in total. The predicted molar refractivity (Wildman–Crippen MR) is 94.3 cm³/mol. The van der Waals surface area contributed by atoms with Crippen molar-refractivity contribution >= 4 is 22.9 Å². The second-order valence-electron chi connectivity index (χ2n) is 5.00. The second kappa shape index (κ2) is 8.54. The van der Waals surface area contributed by atoms with Crippen LogP contribution in [0.5, 0.6) is 0 Å². The average molecular weight is 323 g/mol. The summed E-state index contributed by atoms with van der Waals surface area (Å²) in [5.74, 6) is 0. The zero-order chi connectivity index (χ0) is 15.1. The maximum absolute atomic E-state index is 5.98. The van der Waals surface area contributed by atoms with Crippen molar-refractivity contribution in [3.8, 4) is 10.4 Å². The lowest BCUT2D eigenvalue weighted by Gasteiger charge is -2.18. The third-order valence-electron chi connectivity index (χ3n) is 3.64. The molecular formula is C17H23ClN2S. The third-order valence-corrected chi connectivity index (χ3v) is 4.92. The molecule has 0 aliphatic carbocycles. The van der Waals surface area contributed by atoms with Crippen LogP contribution in [-0.2, 0) is 6.54 Å². The lowest BCUT2D eigenvalue weighted by Crippen LogP contribution is -2.31. The molecule has 0 amide bonds. The maximum Gasteiger partial charge on any atom is 0.0934 e. The van der Waals surface area contributed by atoms with Gasteiger partial charge in [-0.3, -0.25) is 0 Å². The molecule has 0 atom stereocenters. The van der Waals surface area contributed by atoms with Crippen molar-refractivity contribution in [1.29, 1.82) is 0 Å². The van der Waals surface area contributed by atoms with E-state index in [0.29, 0.717) is 0 Å². The number of rotatable bonds is 8. The van der Waals surface area contributed by atoms with E-state index in [0.717, 1.165) is 37.1 Å². The summed E-state index contributed by atoms with van der Waals surface area (Å²) in [7, 11) is 0. The largest absolute Gasteiger partial charge is 0.311 e. The van der Waals surface area contributed by atoms with E-state index in [1.54, 1.807) is 11.3 Å². The Morgan fingerprint density at radius 3 is 2.33 bits per heavy atom. The molecule has 1 aromatic heterocycles. The first-order valence-electron chi connectivity index (χ1n) is 7.50. The topological polar surface area (TPSA) is 15.3 Å². The van der Waals surface area contributed by atoms with E-state index >= 15 is 0 Å². The van der Waals surface area contributed by atoms with Crippen LogP contribution in [0.2, 0.25) is 4.34 Å². The molecule has 0 fully saturated rings. The van der Waals surface area contributed by atoms with Crippen molar-refractivity contribution < 1.29 is 0 Å². The van der Waals surface area contributed by atoms with Crippen LogP contribution < -0.4 is 5.32 Å². The van der Waals surface area contributed by atoms with Crippen molar-refractivity contribution in [3.63, 3.8) is 0 Å². The Labute approximate surface area is 136 Å². The monoisotopic (exact) mass is 322 g/mol. The summed E-state index contributed by atoms with van der Waals surface area (Å²) < 4.78 is 0.840. The van der Waals surface area contributed by atoms with Gasteiger partial charge in [0.2, 0.25) is 0 Å². The van der Waals surface area contributed by atoms with E-state index in [9.17, 15) is 0 Å². The first-order chi connectivity index (χ1) is 10.2. The Balaban J connectivity index is 1.80. The molecule has 0 aliphatic rings. The highest BCUT2D eigenvalue weighted by molar-refractivity contribution is 7.19. The SMILES string of the molecule is CCN(CC)CCNCc1ccc(-c2ccc(Cl)s2)cc1. The molecule has 4 heteroatoms. The van der Waals surface area contributed by atoms with E-state index in [4.69, 9.17) is 11.6 Å². The molecule has 1 aromatic carbocycles. The van der Waals surface area contributed by atoms with Crippen LogP contribution in [0.4, 0.5) is 0 Å². The van der Waals surface area contributed by atoms with E-state index in [2.05, 4.69) is 54.4 Å². The Bertz CT molecular complexity index is 532. The summed E-state index contributed by atoms with van der Waals surface area (Å²) in [6.45, 7) is 9.72. The molecule has 114 valence electrons. The van der Waals surface area contributed by atoms with Crippen molar-refractivity contribution in [2.75, 3.05) is 26.2 Å². The Morgan fingerprint density at radius 1 is 1.05 bits per heavy atom. The van der Waals surface area contributed by atoms with Gasteiger partial charge in [0.1, 0.15) is 0 Å². The van der Waals surface area contributed by atoms with Crippen LogP contribution in [0.3, 0.4) is 0 Å². The van der Waals surface area contributed by atoms with Crippen LogP contribution in [-0.4, -0.2) is 31.1 Å². The summed E-state index contributed by atoms with van der Waals surface area (Å²) in [4.78, 5) is 3.65. The smallest absolute Gasteiger partial charge is 0.0934 e. The van der Waals surface area contributed by atoms with E-state index in [1.807, 2.05) is 6.07 Å². The summed E-state index contributed by atoms with van der Waals surface area (Å²) in [5.41, 5.74) is 2.56. The number of hydrogen-bond acceptors (Lipinski definition) is 3. The zero-order valence-electron chi connectivity index (χ0n) is 12.7. The van der Waals surface area contributed by atoms with Gasteiger partial charge in [-0.15, -0.1) is 11.3 Å². The van der Waals surface area contributed by atoms with Crippen LogP contribution in [0, 0.1) is 0 Å². The zero-order valence-corrected chi connectivity index (χ0v) is 14.3. The van der Waals surface area contributed by atoms with Gasteiger partial charge in [-0.05, 0) is 36.3 Å². The second-order valence-corrected chi connectivity index (χ2v) is 6.72. The van der Waals surface area contributed by atoms with Gasteiger partial charge in [-0.25, -0.2) is 0 Å².